The lowest BCUT2D eigenvalue weighted by molar-refractivity contribution is 0.0697. The zero-order valence-corrected chi connectivity index (χ0v) is 19.4. The molecular weight excluding hydrogens is 455 g/mol. The zero-order chi connectivity index (χ0) is 23.9. The first-order valence-corrected chi connectivity index (χ1v) is 12.4. The van der Waals surface area contributed by atoms with Gasteiger partial charge in [0, 0.05) is 26.2 Å². The van der Waals surface area contributed by atoms with Crippen LogP contribution in [0.1, 0.15) is 16.1 Å². The molecule has 0 unspecified atom stereocenters. The van der Waals surface area contributed by atoms with Crippen molar-refractivity contribution in [2.75, 3.05) is 26.2 Å². The number of rotatable bonds is 4. The Morgan fingerprint density at radius 1 is 0.912 bits per heavy atom. The molecular formula is C25H23FN4O3S. The number of halogens is 1. The molecule has 5 rings (SSSR count). The summed E-state index contributed by atoms with van der Waals surface area (Å²) in [5, 5.41) is 6.14. The fraction of sp³-hybridized carbons (Fsp3) is 0.200. The van der Waals surface area contributed by atoms with Crippen LogP contribution in [0.5, 0.6) is 0 Å². The van der Waals surface area contributed by atoms with Crippen LogP contribution in [-0.2, 0) is 10.0 Å². The number of aromatic nitrogens is 2. The van der Waals surface area contributed by atoms with Gasteiger partial charge in [-0.1, -0.05) is 30.3 Å². The average Bonchev–Trinajstić information content (AvgIpc) is 3.25. The molecule has 0 aliphatic carbocycles. The Hall–Kier alpha value is -3.56. The third kappa shape index (κ3) is 3.97. The topological polar surface area (TPSA) is 75.5 Å². The first-order valence-electron chi connectivity index (χ1n) is 10.9. The Labute approximate surface area is 197 Å². The minimum atomic E-state index is -3.66. The van der Waals surface area contributed by atoms with Crippen LogP contribution < -0.4 is 0 Å². The van der Waals surface area contributed by atoms with E-state index in [4.69, 9.17) is 0 Å². The highest BCUT2D eigenvalue weighted by Crippen LogP contribution is 2.24. The lowest BCUT2D eigenvalue weighted by Gasteiger charge is -2.34. The van der Waals surface area contributed by atoms with Gasteiger partial charge in [-0.05, 0) is 54.1 Å². The summed E-state index contributed by atoms with van der Waals surface area (Å²) in [6.07, 6.45) is 1.50. The summed E-state index contributed by atoms with van der Waals surface area (Å²) in [5.41, 5.74) is 1.74. The molecule has 1 fully saturated rings. The van der Waals surface area contributed by atoms with Crippen LogP contribution in [0.4, 0.5) is 4.39 Å². The standard InChI is InChI=1S/C25H23FN4O3S/c1-18-24(17-27-30(18)22-9-7-21(26)8-10-22)25(31)28-12-14-29(15-13-28)34(32,33)23-11-6-19-4-2-3-5-20(19)16-23/h2-11,16-17H,12-15H2,1H3. The highest BCUT2D eigenvalue weighted by atomic mass is 32.2. The van der Waals surface area contributed by atoms with Gasteiger partial charge in [0.25, 0.3) is 5.91 Å². The minimum absolute atomic E-state index is 0.200. The quantitative estimate of drug-likeness (QED) is 0.449. The Balaban J connectivity index is 1.30. The van der Waals surface area contributed by atoms with E-state index in [2.05, 4.69) is 5.10 Å². The second-order valence-electron chi connectivity index (χ2n) is 8.24. The van der Waals surface area contributed by atoms with Crippen molar-refractivity contribution in [2.24, 2.45) is 0 Å². The Morgan fingerprint density at radius 3 is 2.29 bits per heavy atom. The number of hydrogen-bond acceptors (Lipinski definition) is 4. The third-order valence-electron chi connectivity index (χ3n) is 6.20. The second-order valence-corrected chi connectivity index (χ2v) is 10.2. The van der Waals surface area contributed by atoms with Gasteiger partial charge in [-0.25, -0.2) is 17.5 Å². The predicted molar refractivity (Wildman–Crippen MR) is 127 cm³/mol. The largest absolute Gasteiger partial charge is 0.336 e. The molecule has 3 aromatic carbocycles. The van der Waals surface area contributed by atoms with Crippen molar-refractivity contribution in [3.05, 3.63) is 90.0 Å². The number of benzene rings is 3. The average molecular weight is 479 g/mol. The molecule has 1 amide bonds. The van der Waals surface area contributed by atoms with Crippen molar-refractivity contribution in [1.82, 2.24) is 19.0 Å². The number of sulfonamides is 1. The van der Waals surface area contributed by atoms with E-state index in [0.29, 0.717) is 16.9 Å². The summed E-state index contributed by atoms with van der Waals surface area (Å²) in [5.74, 6) is -0.546. The maximum Gasteiger partial charge on any atom is 0.257 e. The number of amides is 1. The molecule has 0 spiro atoms. The first kappa shape index (κ1) is 22.2. The molecule has 7 nitrogen and oxygen atoms in total. The Kier molecular flexibility index (Phi) is 5.66. The molecule has 0 radical (unpaired) electrons. The van der Waals surface area contributed by atoms with Gasteiger partial charge >= 0.3 is 0 Å². The smallest absolute Gasteiger partial charge is 0.257 e. The minimum Gasteiger partial charge on any atom is -0.336 e. The van der Waals surface area contributed by atoms with Gasteiger partial charge in [0.1, 0.15) is 5.82 Å². The SMILES string of the molecule is Cc1c(C(=O)N2CCN(S(=O)(=O)c3ccc4ccccc4c3)CC2)cnn1-c1ccc(F)cc1. The van der Waals surface area contributed by atoms with Crippen LogP contribution in [0.2, 0.25) is 0 Å². The van der Waals surface area contributed by atoms with Crippen LogP contribution in [0, 0.1) is 12.7 Å². The van der Waals surface area contributed by atoms with Crippen LogP contribution in [0.3, 0.4) is 0 Å². The molecule has 2 heterocycles. The first-order chi connectivity index (χ1) is 16.3. The lowest BCUT2D eigenvalue weighted by atomic mass is 10.1. The number of fused-ring (bicyclic) bond motifs is 1. The molecule has 1 aromatic heterocycles. The van der Waals surface area contributed by atoms with Crippen LogP contribution >= 0.6 is 0 Å². The van der Waals surface area contributed by atoms with E-state index in [1.54, 1.807) is 40.8 Å². The van der Waals surface area contributed by atoms with Crippen molar-refractivity contribution in [3.8, 4) is 5.69 Å². The van der Waals surface area contributed by atoms with Crippen LogP contribution in [0.15, 0.2) is 77.8 Å². The van der Waals surface area contributed by atoms with Crippen LogP contribution in [0.25, 0.3) is 16.5 Å². The van der Waals surface area contributed by atoms with Crippen molar-refractivity contribution >= 4 is 26.7 Å². The van der Waals surface area contributed by atoms with Gasteiger partial charge in [-0.3, -0.25) is 4.79 Å². The highest BCUT2D eigenvalue weighted by molar-refractivity contribution is 7.89. The number of carbonyl (C=O) groups is 1. The van der Waals surface area contributed by atoms with Crippen molar-refractivity contribution < 1.29 is 17.6 Å². The molecule has 0 bridgehead atoms. The van der Waals surface area contributed by atoms with Gasteiger partial charge in [0.15, 0.2) is 0 Å². The number of carbonyl (C=O) groups excluding carboxylic acids is 1. The fourth-order valence-corrected chi connectivity index (χ4v) is 5.70. The summed E-state index contributed by atoms with van der Waals surface area (Å²) in [6.45, 7) is 2.78. The van der Waals surface area contributed by atoms with E-state index in [1.165, 1.54) is 22.6 Å². The summed E-state index contributed by atoms with van der Waals surface area (Å²) >= 11 is 0. The highest BCUT2D eigenvalue weighted by Gasteiger charge is 2.31. The third-order valence-corrected chi connectivity index (χ3v) is 8.09. The van der Waals surface area contributed by atoms with Crippen molar-refractivity contribution in [2.45, 2.75) is 11.8 Å². The summed E-state index contributed by atoms with van der Waals surface area (Å²) < 4.78 is 42.6. The molecule has 1 saturated heterocycles. The number of piperazine rings is 1. The predicted octanol–water partition coefficient (Wildman–Crippen LogP) is 3.62. The molecule has 1 aliphatic heterocycles. The van der Waals surface area contributed by atoms with Crippen molar-refractivity contribution in [1.29, 1.82) is 0 Å². The Bertz CT molecular complexity index is 1470. The maximum atomic E-state index is 13.2. The molecule has 0 N–H and O–H groups in total. The van der Waals surface area contributed by atoms with E-state index < -0.39 is 10.0 Å². The normalized spacial score (nSPS) is 15.1. The van der Waals surface area contributed by atoms with Gasteiger partial charge in [0.2, 0.25) is 10.0 Å². The van der Waals surface area contributed by atoms with Gasteiger partial charge in [-0.2, -0.15) is 9.40 Å². The van der Waals surface area contributed by atoms with Gasteiger partial charge < -0.3 is 4.90 Å². The zero-order valence-electron chi connectivity index (χ0n) is 18.6. The van der Waals surface area contributed by atoms with Crippen molar-refractivity contribution in [3.63, 3.8) is 0 Å². The van der Waals surface area contributed by atoms with Crippen LogP contribution in [-0.4, -0.2) is 59.5 Å². The summed E-state index contributed by atoms with van der Waals surface area (Å²) in [6, 6.07) is 18.6. The molecule has 174 valence electrons. The molecule has 0 saturated carbocycles. The summed E-state index contributed by atoms with van der Waals surface area (Å²) in [7, 11) is -3.66. The number of hydrogen-bond donors (Lipinski definition) is 0. The molecule has 34 heavy (non-hydrogen) atoms. The maximum absolute atomic E-state index is 13.2. The lowest BCUT2D eigenvalue weighted by Crippen LogP contribution is -2.50. The number of nitrogens with zero attached hydrogens (tertiary/aromatic N) is 4. The van der Waals surface area contributed by atoms with E-state index in [0.717, 1.165) is 10.8 Å². The van der Waals surface area contributed by atoms with E-state index in [-0.39, 0.29) is 42.8 Å². The van der Waals surface area contributed by atoms with Gasteiger partial charge in [0.05, 0.1) is 28.0 Å². The fourth-order valence-electron chi connectivity index (χ4n) is 4.24. The molecule has 1 aliphatic rings. The monoisotopic (exact) mass is 478 g/mol. The van der Waals surface area contributed by atoms with E-state index >= 15 is 0 Å². The van der Waals surface area contributed by atoms with Gasteiger partial charge in [-0.15, -0.1) is 0 Å². The summed E-state index contributed by atoms with van der Waals surface area (Å²) in [4.78, 5) is 15.0. The molecule has 9 heteroatoms. The molecule has 4 aromatic rings. The Morgan fingerprint density at radius 2 is 1.59 bits per heavy atom. The molecule has 0 atom stereocenters. The van der Waals surface area contributed by atoms with E-state index in [9.17, 15) is 17.6 Å². The second kappa shape index (κ2) is 8.66. The van der Waals surface area contributed by atoms with E-state index in [1.807, 2.05) is 30.3 Å².